The number of alkyl carbamates (subject to hydrolysis) is 1. The van der Waals surface area contributed by atoms with Crippen LogP contribution in [-0.2, 0) is 32.1 Å². The average molecular weight is 454 g/mol. The third kappa shape index (κ3) is 6.81. The quantitative estimate of drug-likeness (QED) is 0.301. The summed E-state index contributed by atoms with van der Waals surface area (Å²) in [6.45, 7) is 1.70. The number of carbonyl (C=O) groups excluding carboxylic acids is 2. The number of esters is 1. The lowest BCUT2D eigenvalue weighted by molar-refractivity contribution is -0.148. The number of hydrogen-bond acceptors (Lipinski definition) is 5. The molecule has 0 spiro atoms. The van der Waals surface area contributed by atoms with E-state index in [1.165, 1.54) is 11.1 Å². The Balaban J connectivity index is 1.46. The Morgan fingerprint density at radius 3 is 2.52 bits per heavy atom. The molecule has 0 saturated carbocycles. The van der Waals surface area contributed by atoms with Gasteiger partial charge in [-0.3, -0.25) is 4.79 Å². The number of carboxylic acid groups (broad SMARTS) is 1. The first-order valence-corrected chi connectivity index (χ1v) is 11.5. The summed E-state index contributed by atoms with van der Waals surface area (Å²) >= 11 is 0. The van der Waals surface area contributed by atoms with Crippen molar-refractivity contribution in [1.29, 1.82) is 0 Å². The van der Waals surface area contributed by atoms with Gasteiger partial charge in [0, 0.05) is 6.42 Å². The number of carboxylic acids is 1. The van der Waals surface area contributed by atoms with Gasteiger partial charge >= 0.3 is 18.0 Å². The maximum absolute atomic E-state index is 12.2. The van der Waals surface area contributed by atoms with E-state index in [4.69, 9.17) is 9.47 Å². The number of ether oxygens (including phenoxy) is 2. The van der Waals surface area contributed by atoms with Crippen LogP contribution < -0.4 is 5.32 Å². The first-order valence-electron chi connectivity index (χ1n) is 11.5. The van der Waals surface area contributed by atoms with Gasteiger partial charge in [-0.25, -0.2) is 9.59 Å². The van der Waals surface area contributed by atoms with Crippen LogP contribution in [0.2, 0.25) is 0 Å². The Labute approximate surface area is 194 Å². The maximum atomic E-state index is 12.2. The minimum Gasteiger partial charge on any atom is -0.480 e. The molecule has 176 valence electrons. The normalized spacial score (nSPS) is 12.4. The standard InChI is InChI=1S/C26H31NO6/c1-2-3-4-5-6-14-24(28)32-17-23(25(29)30)27-26(31)33-16-19-11-9-13-21-20-12-8-7-10-18(20)15-22(19)21/h7-13,23H,2-6,14-17H2,1H3,(H,27,31)(H,29,30). The van der Waals surface area contributed by atoms with E-state index in [1.807, 2.05) is 30.3 Å². The summed E-state index contributed by atoms with van der Waals surface area (Å²) in [5, 5.41) is 11.6. The number of unbranched alkanes of at least 4 members (excludes halogenated alkanes) is 4. The summed E-state index contributed by atoms with van der Waals surface area (Å²) in [5.74, 6) is -1.76. The number of amides is 1. The lowest BCUT2D eigenvalue weighted by atomic mass is 10.0. The van der Waals surface area contributed by atoms with Crippen LogP contribution in [0.5, 0.6) is 0 Å². The van der Waals surface area contributed by atoms with Crippen LogP contribution in [0.15, 0.2) is 42.5 Å². The van der Waals surface area contributed by atoms with E-state index in [-0.39, 0.29) is 13.0 Å². The fourth-order valence-corrected chi connectivity index (χ4v) is 3.98. The molecule has 1 amide bonds. The predicted octanol–water partition coefficient (Wildman–Crippen LogP) is 4.84. The van der Waals surface area contributed by atoms with Crippen molar-refractivity contribution in [2.45, 2.75) is 64.5 Å². The van der Waals surface area contributed by atoms with E-state index in [0.717, 1.165) is 48.8 Å². The summed E-state index contributed by atoms with van der Waals surface area (Å²) in [5.41, 5.74) is 5.51. The zero-order valence-corrected chi connectivity index (χ0v) is 19.0. The zero-order chi connectivity index (χ0) is 23.6. The van der Waals surface area contributed by atoms with Crippen LogP contribution in [0.25, 0.3) is 11.1 Å². The lowest BCUT2D eigenvalue weighted by Crippen LogP contribution is -2.44. The van der Waals surface area contributed by atoms with Crippen LogP contribution in [-0.4, -0.2) is 35.8 Å². The molecule has 2 aromatic carbocycles. The number of carbonyl (C=O) groups is 3. The first-order chi connectivity index (χ1) is 16.0. The Morgan fingerprint density at radius 1 is 0.970 bits per heavy atom. The van der Waals surface area contributed by atoms with Gasteiger partial charge in [0.15, 0.2) is 6.04 Å². The molecule has 7 nitrogen and oxygen atoms in total. The molecule has 0 bridgehead atoms. The number of benzene rings is 2. The Bertz CT molecular complexity index is 986. The molecule has 1 aliphatic carbocycles. The highest BCUT2D eigenvalue weighted by atomic mass is 16.6. The van der Waals surface area contributed by atoms with Crippen molar-refractivity contribution in [3.05, 3.63) is 59.2 Å². The summed E-state index contributed by atoms with van der Waals surface area (Å²) in [4.78, 5) is 35.5. The molecule has 0 aliphatic heterocycles. The number of nitrogens with one attached hydrogen (secondary N) is 1. The van der Waals surface area contributed by atoms with Gasteiger partial charge < -0.3 is 19.9 Å². The summed E-state index contributed by atoms with van der Waals surface area (Å²) in [6.07, 6.45) is 5.08. The number of fused-ring (bicyclic) bond motifs is 3. The van der Waals surface area contributed by atoms with Crippen molar-refractivity contribution >= 4 is 18.0 Å². The predicted molar refractivity (Wildman–Crippen MR) is 124 cm³/mol. The fourth-order valence-electron chi connectivity index (χ4n) is 3.98. The number of aliphatic carboxylic acids is 1. The molecule has 0 radical (unpaired) electrons. The highest BCUT2D eigenvalue weighted by molar-refractivity contribution is 5.81. The summed E-state index contributed by atoms with van der Waals surface area (Å²) in [6, 6.07) is 12.6. The number of hydrogen-bond donors (Lipinski definition) is 2. The molecule has 0 heterocycles. The number of rotatable bonds is 12. The van der Waals surface area contributed by atoms with Crippen molar-refractivity contribution < 1.29 is 29.0 Å². The van der Waals surface area contributed by atoms with Crippen molar-refractivity contribution in [1.82, 2.24) is 5.32 Å². The molecule has 2 aromatic rings. The minimum absolute atomic E-state index is 0.0207. The molecule has 33 heavy (non-hydrogen) atoms. The summed E-state index contributed by atoms with van der Waals surface area (Å²) in [7, 11) is 0. The Kier molecular flexibility index (Phi) is 8.87. The molecule has 1 atom stereocenters. The Hall–Kier alpha value is -3.35. The van der Waals surface area contributed by atoms with Crippen LogP contribution in [0.1, 0.15) is 62.1 Å². The Morgan fingerprint density at radius 2 is 1.73 bits per heavy atom. The molecule has 7 heteroatoms. The molecule has 0 aromatic heterocycles. The molecule has 0 saturated heterocycles. The van der Waals surface area contributed by atoms with Crippen LogP contribution in [0.4, 0.5) is 4.79 Å². The van der Waals surface area contributed by atoms with Gasteiger partial charge in [-0.2, -0.15) is 0 Å². The van der Waals surface area contributed by atoms with E-state index >= 15 is 0 Å². The molecule has 3 rings (SSSR count). The van der Waals surface area contributed by atoms with E-state index in [0.29, 0.717) is 6.42 Å². The van der Waals surface area contributed by atoms with Gasteiger partial charge in [-0.1, -0.05) is 75.1 Å². The van der Waals surface area contributed by atoms with Gasteiger partial charge in [0.25, 0.3) is 0 Å². The molecule has 0 fully saturated rings. The SMILES string of the molecule is CCCCCCCC(=O)OCC(NC(=O)OCc1cccc2c1Cc1ccccc1-2)C(=O)O. The molecule has 1 aliphatic rings. The molecular weight excluding hydrogens is 422 g/mol. The van der Waals surface area contributed by atoms with E-state index < -0.39 is 30.7 Å². The molecular formula is C26H31NO6. The van der Waals surface area contributed by atoms with E-state index in [9.17, 15) is 19.5 Å². The maximum Gasteiger partial charge on any atom is 0.408 e. The minimum atomic E-state index is -1.37. The average Bonchev–Trinajstić information content (AvgIpc) is 3.19. The third-order valence-corrected chi connectivity index (χ3v) is 5.79. The second-order valence-electron chi connectivity index (χ2n) is 8.24. The molecule has 1 unspecified atom stereocenters. The molecule has 2 N–H and O–H groups in total. The smallest absolute Gasteiger partial charge is 0.408 e. The van der Waals surface area contributed by atoms with Crippen LogP contribution in [0, 0.1) is 0 Å². The van der Waals surface area contributed by atoms with Gasteiger partial charge in [-0.15, -0.1) is 0 Å². The van der Waals surface area contributed by atoms with Gasteiger partial charge in [0.1, 0.15) is 13.2 Å². The van der Waals surface area contributed by atoms with Crippen molar-refractivity contribution in [3.63, 3.8) is 0 Å². The van der Waals surface area contributed by atoms with Crippen molar-refractivity contribution in [3.8, 4) is 11.1 Å². The van der Waals surface area contributed by atoms with E-state index in [1.54, 1.807) is 0 Å². The van der Waals surface area contributed by atoms with Crippen molar-refractivity contribution in [2.24, 2.45) is 0 Å². The highest BCUT2D eigenvalue weighted by Crippen LogP contribution is 2.38. The highest BCUT2D eigenvalue weighted by Gasteiger charge is 2.24. The summed E-state index contributed by atoms with van der Waals surface area (Å²) < 4.78 is 10.3. The monoisotopic (exact) mass is 453 g/mol. The van der Waals surface area contributed by atoms with Gasteiger partial charge in [-0.05, 0) is 40.7 Å². The fraction of sp³-hybridized carbons (Fsp3) is 0.423. The third-order valence-electron chi connectivity index (χ3n) is 5.79. The van der Waals surface area contributed by atoms with Crippen LogP contribution in [0.3, 0.4) is 0 Å². The zero-order valence-electron chi connectivity index (χ0n) is 19.0. The van der Waals surface area contributed by atoms with Gasteiger partial charge in [0.2, 0.25) is 0 Å². The van der Waals surface area contributed by atoms with Crippen molar-refractivity contribution in [2.75, 3.05) is 6.61 Å². The van der Waals surface area contributed by atoms with E-state index in [2.05, 4.69) is 24.4 Å². The van der Waals surface area contributed by atoms with Crippen LogP contribution >= 0.6 is 0 Å². The first kappa shape index (κ1) is 24.3. The second-order valence-corrected chi connectivity index (χ2v) is 8.24. The second kappa shape index (κ2) is 12.0. The largest absolute Gasteiger partial charge is 0.480 e. The lowest BCUT2D eigenvalue weighted by Gasteiger charge is -2.15. The van der Waals surface area contributed by atoms with Gasteiger partial charge in [0.05, 0.1) is 0 Å². The topological polar surface area (TPSA) is 102 Å².